The number of rotatable bonds is 8. The lowest BCUT2D eigenvalue weighted by molar-refractivity contribution is -0.140. The summed E-state index contributed by atoms with van der Waals surface area (Å²) in [5.74, 6) is -1.24. The maximum absolute atomic E-state index is 13.5. The first-order chi connectivity index (χ1) is 17.4. The largest absolute Gasteiger partial charge is 0.467 e. The molecule has 0 aliphatic carbocycles. The summed E-state index contributed by atoms with van der Waals surface area (Å²) in [4.78, 5) is 40.3. The molecule has 0 spiro atoms. The van der Waals surface area contributed by atoms with E-state index in [1.807, 2.05) is 6.07 Å². The first kappa shape index (κ1) is 24.9. The van der Waals surface area contributed by atoms with Gasteiger partial charge in [0, 0.05) is 23.6 Å². The van der Waals surface area contributed by atoms with E-state index < -0.39 is 17.7 Å². The van der Waals surface area contributed by atoms with Gasteiger partial charge in [-0.05, 0) is 61.4 Å². The van der Waals surface area contributed by atoms with Gasteiger partial charge in [0.05, 0.1) is 31.5 Å². The fraction of sp³-hybridized carbons (Fsp3) is 0.250. The normalized spacial score (nSPS) is 15.7. The summed E-state index contributed by atoms with van der Waals surface area (Å²) in [6.45, 7) is 4.06. The second-order valence-electron chi connectivity index (χ2n) is 8.47. The molecule has 36 heavy (non-hydrogen) atoms. The highest BCUT2D eigenvalue weighted by molar-refractivity contribution is 5.96. The van der Waals surface area contributed by atoms with Crippen LogP contribution in [0.25, 0.3) is 0 Å². The SMILES string of the molecule is CCOC(=O)C1=C(C)N(Cc2cccc(C(=O)NCc3ccco3)c2)C(=O)CC1c1ccc(F)cc1. The van der Waals surface area contributed by atoms with Crippen LogP contribution in [0.4, 0.5) is 4.39 Å². The third kappa shape index (κ3) is 5.54. The van der Waals surface area contributed by atoms with Gasteiger partial charge in [-0.3, -0.25) is 9.59 Å². The van der Waals surface area contributed by atoms with Gasteiger partial charge in [0.2, 0.25) is 5.91 Å². The molecular weight excluding hydrogens is 463 g/mol. The van der Waals surface area contributed by atoms with E-state index >= 15 is 0 Å². The van der Waals surface area contributed by atoms with E-state index in [2.05, 4.69) is 5.32 Å². The molecule has 1 aliphatic heterocycles. The van der Waals surface area contributed by atoms with Crippen LogP contribution in [0.5, 0.6) is 0 Å². The number of carbonyl (C=O) groups is 3. The summed E-state index contributed by atoms with van der Waals surface area (Å²) in [5.41, 5.74) is 2.70. The van der Waals surface area contributed by atoms with Gasteiger partial charge >= 0.3 is 5.97 Å². The van der Waals surface area contributed by atoms with Crippen LogP contribution >= 0.6 is 0 Å². The lowest BCUT2D eigenvalue weighted by Crippen LogP contribution is -2.38. The van der Waals surface area contributed by atoms with E-state index in [0.29, 0.717) is 28.2 Å². The highest BCUT2D eigenvalue weighted by atomic mass is 19.1. The molecule has 0 saturated heterocycles. The molecule has 1 aliphatic rings. The van der Waals surface area contributed by atoms with E-state index in [1.165, 1.54) is 17.0 Å². The predicted molar refractivity (Wildman–Crippen MR) is 130 cm³/mol. The Balaban J connectivity index is 1.58. The lowest BCUT2D eigenvalue weighted by Gasteiger charge is -2.34. The molecule has 2 aromatic carbocycles. The van der Waals surface area contributed by atoms with Crippen LogP contribution in [-0.4, -0.2) is 29.3 Å². The fourth-order valence-corrected chi connectivity index (χ4v) is 4.33. The molecule has 7 nitrogen and oxygen atoms in total. The van der Waals surface area contributed by atoms with Crippen molar-refractivity contribution in [3.8, 4) is 0 Å². The minimum absolute atomic E-state index is 0.0421. The number of nitrogens with one attached hydrogen (secondary N) is 1. The smallest absolute Gasteiger partial charge is 0.336 e. The Kier molecular flexibility index (Phi) is 7.63. The Morgan fingerprint density at radius 1 is 1.14 bits per heavy atom. The molecule has 8 heteroatoms. The molecule has 186 valence electrons. The number of benzene rings is 2. The van der Waals surface area contributed by atoms with E-state index in [0.717, 1.165) is 5.56 Å². The quantitative estimate of drug-likeness (QED) is 0.463. The zero-order valence-corrected chi connectivity index (χ0v) is 20.1. The van der Waals surface area contributed by atoms with Crippen LogP contribution in [0.2, 0.25) is 0 Å². The zero-order valence-electron chi connectivity index (χ0n) is 20.1. The Labute approximate surface area is 208 Å². The number of amides is 2. The topological polar surface area (TPSA) is 88.8 Å². The number of carbonyl (C=O) groups excluding carboxylic acids is 3. The molecule has 0 saturated carbocycles. The summed E-state index contributed by atoms with van der Waals surface area (Å²) >= 11 is 0. The highest BCUT2D eigenvalue weighted by Crippen LogP contribution is 2.37. The van der Waals surface area contributed by atoms with Crippen molar-refractivity contribution in [2.45, 2.75) is 39.3 Å². The van der Waals surface area contributed by atoms with Crippen molar-refractivity contribution in [1.82, 2.24) is 10.2 Å². The average molecular weight is 491 g/mol. The van der Waals surface area contributed by atoms with Gasteiger partial charge in [-0.2, -0.15) is 0 Å². The van der Waals surface area contributed by atoms with Gasteiger partial charge in [-0.15, -0.1) is 0 Å². The molecule has 2 heterocycles. The van der Waals surface area contributed by atoms with Crippen molar-refractivity contribution in [3.63, 3.8) is 0 Å². The van der Waals surface area contributed by atoms with Gasteiger partial charge < -0.3 is 19.4 Å². The van der Waals surface area contributed by atoms with Crippen LogP contribution in [0.15, 0.2) is 82.6 Å². The summed E-state index contributed by atoms with van der Waals surface area (Å²) in [5, 5.41) is 2.80. The maximum atomic E-state index is 13.5. The fourth-order valence-electron chi connectivity index (χ4n) is 4.33. The van der Waals surface area contributed by atoms with Gasteiger partial charge in [0.25, 0.3) is 5.91 Å². The number of allylic oxidation sites excluding steroid dienone is 1. The van der Waals surface area contributed by atoms with Crippen molar-refractivity contribution < 1.29 is 27.9 Å². The molecule has 0 bridgehead atoms. The number of halogens is 1. The number of esters is 1. The van der Waals surface area contributed by atoms with Gasteiger partial charge in [0.1, 0.15) is 11.6 Å². The Bertz CT molecular complexity index is 1280. The summed E-state index contributed by atoms with van der Waals surface area (Å²) in [7, 11) is 0. The highest BCUT2D eigenvalue weighted by Gasteiger charge is 2.37. The Hall–Kier alpha value is -4.20. The van der Waals surface area contributed by atoms with Gasteiger partial charge in [-0.25, -0.2) is 9.18 Å². The monoisotopic (exact) mass is 490 g/mol. The molecule has 1 atom stereocenters. The maximum Gasteiger partial charge on any atom is 0.336 e. The molecule has 0 radical (unpaired) electrons. The van der Waals surface area contributed by atoms with Crippen molar-refractivity contribution in [2.24, 2.45) is 0 Å². The lowest BCUT2D eigenvalue weighted by atomic mass is 9.83. The van der Waals surface area contributed by atoms with E-state index in [-0.39, 0.29) is 37.9 Å². The second-order valence-corrected chi connectivity index (χ2v) is 8.47. The first-order valence-corrected chi connectivity index (χ1v) is 11.7. The van der Waals surface area contributed by atoms with E-state index in [1.54, 1.807) is 62.6 Å². The molecule has 1 unspecified atom stereocenters. The van der Waals surface area contributed by atoms with E-state index in [4.69, 9.17) is 9.15 Å². The average Bonchev–Trinajstić information content (AvgIpc) is 3.39. The summed E-state index contributed by atoms with van der Waals surface area (Å²) < 4.78 is 24.0. The standard InChI is InChI=1S/C28H27FN2O5/c1-3-35-28(34)26-18(2)31(25(32)15-24(26)20-9-11-22(29)12-10-20)17-19-6-4-7-21(14-19)27(33)30-16-23-8-5-13-36-23/h4-14,24H,3,15-17H2,1-2H3,(H,30,33). The number of furan rings is 1. The summed E-state index contributed by atoms with van der Waals surface area (Å²) in [6, 6.07) is 16.3. The van der Waals surface area contributed by atoms with Crippen molar-refractivity contribution in [2.75, 3.05) is 6.61 Å². The summed E-state index contributed by atoms with van der Waals surface area (Å²) in [6.07, 6.45) is 1.58. The van der Waals surface area contributed by atoms with Crippen LogP contribution in [-0.2, 0) is 27.4 Å². The third-order valence-electron chi connectivity index (χ3n) is 6.12. The molecule has 1 N–H and O–H groups in total. The van der Waals surface area contributed by atoms with Crippen LogP contribution in [0, 0.1) is 5.82 Å². The van der Waals surface area contributed by atoms with Crippen LogP contribution in [0.3, 0.4) is 0 Å². The van der Waals surface area contributed by atoms with Gasteiger partial charge in [0.15, 0.2) is 0 Å². The number of hydrogen-bond acceptors (Lipinski definition) is 5. The minimum atomic E-state index is -0.535. The molecule has 2 amide bonds. The molecule has 3 aromatic rings. The number of ether oxygens (including phenoxy) is 1. The third-order valence-corrected chi connectivity index (χ3v) is 6.12. The van der Waals surface area contributed by atoms with Gasteiger partial charge in [-0.1, -0.05) is 24.3 Å². The van der Waals surface area contributed by atoms with Crippen molar-refractivity contribution in [3.05, 3.63) is 106 Å². The molecule has 4 rings (SSSR count). The van der Waals surface area contributed by atoms with Crippen LogP contribution < -0.4 is 5.32 Å². The zero-order chi connectivity index (χ0) is 25.7. The van der Waals surface area contributed by atoms with Crippen LogP contribution in [0.1, 0.15) is 53.4 Å². The first-order valence-electron chi connectivity index (χ1n) is 11.7. The Morgan fingerprint density at radius 2 is 1.92 bits per heavy atom. The predicted octanol–water partition coefficient (Wildman–Crippen LogP) is 4.70. The molecular formula is C28H27FN2O5. The number of hydrogen-bond donors (Lipinski definition) is 1. The second kappa shape index (κ2) is 11.0. The molecule has 1 aromatic heterocycles. The van der Waals surface area contributed by atoms with Crippen molar-refractivity contribution >= 4 is 17.8 Å². The van der Waals surface area contributed by atoms with E-state index in [9.17, 15) is 18.8 Å². The van der Waals surface area contributed by atoms with Crippen molar-refractivity contribution in [1.29, 1.82) is 0 Å². The Morgan fingerprint density at radius 3 is 2.61 bits per heavy atom. The minimum Gasteiger partial charge on any atom is -0.467 e. The number of nitrogens with zero attached hydrogens (tertiary/aromatic N) is 1. The molecule has 0 fully saturated rings.